The lowest BCUT2D eigenvalue weighted by Crippen LogP contribution is -2.41. The number of carbonyl (C=O) groups is 1. The van der Waals surface area contributed by atoms with E-state index < -0.39 is 16.7 Å². The summed E-state index contributed by atoms with van der Waals surface area (Å²) in [5.74, 6) is -0.455. The molecule has 0 bridgehead atoms. The minimum absolute atomic E-state index is 0.0312. The number of nitro groups is 1. The number of amides is 1. The normalized spacial score (nSPS) is 15.1. The van der Waals surface area contributed by atoms with Crippen molar-refractivity contribution in [2.45, 2.75) is 25.4 Å². The molecular formula is C21H22F3N3O3. The summed E-state index contributed by atoms with van der Waals surface area (Å²) in [5.41, 5.74) is 0.0300. The minimum atomic E-state index is -4.42. The molecule has 30 heavy (non-hydrogen) atoms. The average Bonchev–Trinajstić information content (AvgIpc) is 2.73. The zero-order valence-electron chi connectivity index (χ0n) is 16.2. The molecule has 2 aromatic carbocycles. The molecule has 6 nitrogen and oxygen atoms in total. The average molecular weight is 421 g/mol. The summed E-state index contributed by atoms with van der Waals surface area (Å²) in [7, 11) is 0. The van der Waals surface area contributed by atoms with Crippen molar-refractivity contribution in [1.82, 2.24) is 5.32 Å². The van der Waals surface area contributed by atoms with Crippen LogP contribution in [0.3, 0.4) is 0 Å². The molecule has 0 spiro atoms. The molecule has 1 N–H and O–H groups in total. The zero-order valence-corrected chi connectivity index (χ0v) is 16.2. The van der Waals surface area contributed by atoms with Crippen molar-refractivity contribution >= 4 is 17.3 Å². The van der Waals surface area contributed by atoms with Gasteiger partial charge in [-0.3, -0.25) is 14.9 Å². The van der Waals surface area contributed by atoms with E-state index in [4.69, 9.17) is 0 Å². The molecule has 1 aliphatic rings. The van der Waals surface area contributed by atoms with Crippen molar-refractivity contribution in [3.8, 4) is 0 Å². The Hall–Kier alpha value is -3.10. The standard InChI is InChI=1S/C21H22F3N3O3/c22-21(23,24)17-6-2-1-5-15(17)9-12-25-20(28)16-10-13-26(14-11-16)18-7-3-4-8-19(18)27(29)30/h1-8,16H,9-14H2,(H,25,28). The number of nitro benzene ring substituents is 1. The predicted octanol–water partition coefficient (Wildman–Crippen LogP) is 4.19. The van der Waals surface area contributed by atoms with Crippen molar-refractivity contribution < 1.29 is 22.9 Å². The van der Waals surface area contributed by atoms with Crippen molar-refractivity contribution in [1.29, 1.82) is 0 Å². The predicted molar refractivity (Wildman–Crippen MR) is 106 cm³/mol. The van der Waals surface area contributed by atoms with Crippen LogP contribution >= 0.6 is 0 Å². The number of benzene rings is 2. The Morgan fingerprint density at radius 1 is 1.10 bits per heavy atom. The molecule has 9 heteroatoms. The number of hydrogen-bond donors (Lipinski definition) is 1. The lowest BCUT2D eigenvalue weighted by molar-refractivity contribution is -0.384. The second-order valence-electron chi connectivity index (χ2n) is 7.20. The van der Waals surface area contributed by atoms with Gasteiger partial charge in [-0.1, -0.05) is 30.3 Å². The maximum atomic E-state index is 13.0. The monoisotopic (exact) mass is 421 g/mol. The van der Waals surface area contributed by atoms with Crippen LogP contribution in [0, 0.1) is 16.0 Å². The lowest BCUT2D eigenvalue weighted by Gasteiger charge is -2.32. The summed E-state index contributed by atoms with van der Waals surface area (Å²) < 4.78 is 39.1. The fourth-order valence-corrected chi connectivity index (χ4v) is 3.75. The van der Waals surface area contributed by atoms with Gasteiger partial charge in [0.2, 0.25) is 5.91 Å². The molecule has 1 fully saturated rings. The minimum Gasteiger partial charge on any atom is -0.366 e. The molecule has 0 atom stereocenters. The molecule has 2 aromatic rings. The third-order valence-electron chi connectivity index (χ3n) is 5.30. The van der Waals surface area contributed by atoms with Crippen LogP contribution in [0.15, 0.2) is 48.5 Å². The van der Waals surface area contributed by atoms with E-state index in [-0.39, 0.29) is 36.0 Å². The first kappa shape index (κ1) is 21.6. The highest BCUT2D eigenvalue weighted by Crippen LogP contribution is 2.32. The summed E-state index contributed by atoms with van der Waals surface area (Å²) in [6.45, 7) is 1.12. The highest BCUT2D eigenvalue weighted by atomic mass is 19.4. The maximum Gasteiger partial charge on any atom is 0.416 e. The number of halogens is 3. The third-order valence-corrected chi connectivity index (χ3v) is 5.30. The fourth-order valence-electron chi connectivity index (χ4n) is 3.75. The van der Waals surface area contributed by atoms with E-state index in [1.165, 1.54) is 18.2 Å². The molecular weight excluding hydrogens is 399 g/mol. The van der Waals surface area contributed by atoms with Gasteiger partial charge in [0.05, 0.1) is 10.5 Å². The van der Waals surface area contributed by atoms with E-state index >= 15 is 0 Å². The number of anilines is 1. The topological polar surface area (TPSA) is 75.5 Å². The van der Waals surface area contributed by atoms with Crippen molar-refractivity contribution in [2.75, 3.05) is 24.5 Å². The molecule has 1 heterocycles. The second kappa shape index (κ2) is 9.15. The molecule has 0 saturated carbocycles. The molecule has 1 saturated heterocycles. The Bertz CT molecular complexity index is 910. The fraction of sp³-hybridized carbons (Fsp3) is 0.381. The third kappa shape index (κ3) is 5.08. The van der Waals surface area contributed by atoms with E-state index in [1.54, 1.807) is 24.3 Å². The molecule has 0 radical (unpaired) electrons. The van der Waals surface area contributed by atoms with Gasteiger partial charge >= 0.3 is 6.18 Å². The quantitative estimate of drug-likeness (QED) is 0.561. The number of hydrogen-bond acceptors (Lipinski definition) is 4. The van der Waals surface area contributed by atoms with Gasteiger partial charge in [0, 0.05) is 31.6 Å². The van der Waals surface area contributed by atoms with Crippen LogP contribution in [-0.4, -0.2) is 30.5 Å². The largest absolute Gasteiger partial charge is 0.416 e. The van der Waals surface area contributed by atoms with E-state index in [0.717, 1.165) is 6.07 Å². The Kier molecular flexibility index (Phi) is 6.59. The Morgan fingerprint density at radius 2 is 1.73 bits per heavy atom. The number of para-hydroxylation sites is 2. The van der Waals surface area contributed by atoms with Gasteiger partial charge < -0.3 is 10.2 Å². The molecule has 0 aromatic heterocycles. The summed E-state index contributed by atoms with van der Waals surface area (Å²) in [5, 5.41) is 13.9. The Morgan fingerprint density at radius 3 is 2.40 bits per heavy atom. The first-order valence-electron chi connectivity index (χ1n) is 9.68. The van der Waals surface area contributed by atoms with Gasteiger partial charge in [0.1, 0.15) is 5.69 Å². The first-order valence-corrected chi connectivity index (χ1v) is 9.68. The molecule has 0 unspecified atom stereocenters. The molecule has 1 amide bonds. The van der Waals surface area contributed by atoms with Crippen LogP contribution in [0.1, 0.15) is 24.0 Å². The summed E-state index contributed by atoms with van der Waals surface area (Å²) in [4.78, 5) is 25.1. The van der Waals surface area contributed by atoms with E-state index in [9.17, 15) is 28.1 Å². The van der Waals surface area contributed by atoms with Gasteiger partial charge in [0.25, 0.3) is 5.69 Å². The zero-order chi connectivity index (χ0) is 21.7. The van der Waals surface area contributed by atoms with Crippen molar-refractivity contribution in [3.05, 3.63) is 69.8 Å². The lowest BCUT2D eigenvalue weighted by atomic mass is 9.95. The smallest absolute Gasteiger partial charge is 0.366 e. The molecule has 3 rings (SSSR count). The van der Waals surface area contributed by atoms with Crippen LogP contribution in [0.4, 0.5) is 24.5 Å². The van der Waals surface area contributed by atoms with Gasteiger partial charge in [-0.25, -0.2) is 0 Å². The highest BCUT2D eigenvalue weighted by Gasteiger charge is 2.33. The van der Waals surface area contributed by atoms with Gasteiger partial charge in [0.15, 0.2) is 0 Å². The highest BCUT2D eigenvalue weighted by molar-refractivity contribution is 5.79. The number of nitrogens with zero attached hydrogens (tertiary/aromatic N) is 2. The maximum absolute atomic E-state index is 13.0. The number of alkyl halides is 3. The van der Waals surface area contributed by atoms with Crippen LogP contribution in [0.2, 0.25) is 0 Å². The number of piperidine rings is 1. The summed E-state index contributed by atoms with van der Waals surface area (Å²) in [6, 6.07) is 11.8. The van der Waals surface area contributed by atoms with Gasteiger partial charge in [-0.05, 0) is 37.0 Å². The molecule has 1 aliphatic heterocycles. The molecule has 160 valence electrons. The van der Waals surface area contributed by atoms with Gasteiger partial charge in [-0.15, -0.1) is 0 Å². The van der Waals surface area contributed by atoms with E-state index in [0.29, 0.717) is 31.6 Å². The van der Waals surface area contributed by atoms with Gasteiger partial charge in [-0.2, -0.15) is 13.2 Å². The van der Waals surface area contributed by atoms with Crippen LogP contribution in [-0.2, 0) is 17.4 Å². The second-order valence-corrected chi connectivity index (χ2v) is 7.20. The summed E-state index contributed by atoms with van der Waals surface area (Å²) >= 11 is 0. The van der Waals surface area contributed by atoms with Crippen LogP contribution in [0.5, 0.6) is 0 Å². The molecule has 0 aliphatic carbocycles. The number of nitrogens with one attached hydrogen (secondary N) is 1. The summed E-state index contributed by atoms with van der Waals surface area (Å²) in [6.07, 6.45) is -3.28. The Labute approximate surface area is 171 Å². The van der Waals surface area contributed by atoms with E-state index in [2.05, 4.69) is 5.32 Å². The van der Waals surface area contributed by atoms with E-state index in [1.807, 2.05) is 4.90 Å². The van der Waals surface area contributed by atoms with Crippen LogP contribution in [0.25, 0.3) is 0 Å². The SMILES string of the molecule is O=C(NCCc1ccccc1C(F)(F)F)C1CCN(c2ccccc2[N+](=O)[O-])CC1. The first-order chi connectivity index (χ1) is 14.3. The van der Waals surface area contributed by atoms with Crippen LogP contribution < -0.4 is 10.2 Å². The van der Waals surface area contributed by atoms with Crippen molar-refractivity contribution in [3.63, 3.8) is 0 Å². The number of carbonyl (C=O) groups excluding carboxylic acids is 1. The van der Waals surface area contributed by atoms with Crippen molar-refractivity contribution in [2.24, 2.45) is 5.92 Å². The Balaban J connectivity index is 1.52. The number of rotatable bonds is 6.